The summed E-state index contributed by atoms with van der Waals surface area (Å²) < 4.78 is 0. The summed E-state index contributed by atoms with van der Waals surface area (Å²) in [4.78, 5) is 10.4. The van der Waals surface area contributed by atoms with Crippen LogP contribution in [0.25, 0.3) is 10.4 Å². The number of anilines is 1. The third-order valence-corrected chi connectivity index (χ3v) is 1.24. The maximum Gasteiger partial charge on any atom is 0.223 e. The molecule has 1 heterocycles. The van der Waals surface area contributed by atoms with Crippen LogP contribution in [0, 0.1) is 0 Å². The second kappa shape index (κ2) is 4.74. The van der Waals surface area contributed by atoms with Crippen molar-refractivity contribution < 1.29 is 0 Å². The van der Waals surface area contributed by atoms with Crippen molar-refractivity contribution in [1.82, 2.24) is 9.97 Å². The molecule has 0 aliphatic carbocycles. The molecular weight excluding hydrogens is 168 g/mol. The summed E-state index contributed by atoms with van der Waals surface area (Å²) in [5, 5.41) is 6.18. The first kappa shape index (κ1) is 9.02. The van der Waals surface area contributed by atoms with Gasteiger partial charge in [0, 0.05) is 17.3 Å². The van der Waals surface area contributed by atoms with E-state index < -0.39 is 6.17 Å². The molecule has 66 valence electrons. The van der Waals surface area contributed by atoms with Crippen LogP contribution in [0.2, 0.25) is 0 Å². The van der Waals surface area contributed by atoms with Crippen molar-refractivity contribution >= 4 is 5.95 Å². The topological polar surface area (TPSA) is 86.6 Å². The normalized spacial score (nSPS) is 11.1. The van der Waals surface area contributed by atoms with Crippen LogP contribution in [-0.2, 0) is 0 Å². The van der Waals surface area contributed by atoms with Gasteiger partial charge in [-0.2, -0.15) is 0 Å². The van der Waals surface area contributed by atoms with Gasteiger partial charge in [0.2, 0.25) is 5.95 Å². The molecule has 13 heavy (non-hydrogen) atoms. The largest absolute Gasteiger partial charge is 0.342 e. The lowest BCUT2D eigenvalue weighted by atomic mass is 10.5. The Morgan fingerprint density at radius 1 is 1.62 bits per heavy atom. The number of azide groups is 1. The van der Waals surface area contributed by atoms with E-state index >= 15 is 0 Å². The van der Waals surface area contributed by atoms with E-state index in [1.54, 1.807) is 18.5 Å². The molecule has 6 nitrogen and oxygen atoms in total. The fourth-order valence-corrected chi connectivity index (χ4v) is 0.696. The number of hydrogen-bond donors (Lipinski definition) is 1. The molecule has 6 heteroatoms. The van der Waals surface area contributed by atoms with E-state index in [4.69, 9.17) is 5.53 Å². The predicted octanol–water partition coefficient (Wildman–Crippen LogP) is 1.71. The Morgan fingerprint density at radius 2 is 2.31 bits per heavy atom. The van der Waals surface area contributed by atoms with Gasteiger partial charge in [0.25, 0.3) is 0 Å². The molecular formula is C7H8N6. The van der Waals surface area contributed by atoms with Crippen molar-refractivity contribution in [3.8, 4) is 0 Å². The maximum absolute atomic E-state index is 8.18. The second-order valence-electron chi connectivity index (χ2n) is 2.10. The van der Waals surface area contributed by atoms with Crippen molar-refractivity contribution in [1.29, 1.82) is 0 Å². The van der Waals surface area contributed by atoms with Gasteiger partial charge in [-0.3, -0.25) is 0 Å². The standard InChI is InChI=1S/C7H8N6/c1-2-6(12-13-8)11-7-9-4-3-5-10-7/h2-6H,1H2,(H,9,10,11). The van der Waals surface area contributed by atoms with Crippen LogP contribution in [0.15, 0.2) is 36.2 Å². The van der Waals surface area contributed by atoms with E-state index in [-0.39, 0.29) is 0 Å². The first-order valence-electron chi connectivity index (χ1n) is 3.57. The second-order valence-corrected chi connectivity index (χ2v) is 2.10. The van der Waals surface area contributed by atoms with Gasteiger partial charge in [-0.05, 0) is 11.6 Å². The lowest BCUT2D eigenvalue weighted by Crippen LogP contribution is -2.14. The monoisotopic (exact) mass is 176 g/mol. The first-order chi connectivity index (χ1) is 6.36. The van der Waals surface area contributed by atoms with Crippen molar-refractivity contribution in [3.63, 3.8) is 0 Å². The maximum atomic E-state index is 8.18. The summed E-state index contributed by atoms with van der Waals surface area (Å²) in [7, 11) is 0. The van der Waals surface area contributed by atoms with E-state index in [2.05, 4.69) is 31.9 Å². The van der Waals surface area contributed by atoms with Gasteiger partial charge in [-0.1, -0.05) is 11.2 Å². The van der Waals surface area contributed by atoms with Gasteiger partial charge in [0.05, 0.1) is 0 Å². The zero-order chi connectivity index (χ0) is 9.52. The Kier molecular flexibility index (Phi) is 3.29. The van der Waals surface area contributed by atoms with Gasteiger partial charge >= 0.3 is 0 Å². The molecule has 0 saturated carbocycles. The van der Waals surface area contributed by atoms with Crippen LogP contribution in [0.1, 0.15) is 0 Å². The summed E-state index contributed by atoms with van der Waals surface area (Å²) in [6.07, 6.45) is 4.13. The van der Waals surface area contributed by atoms with E-state index in [1.807, 2.05) is 0 Å². The van der Waals surface area contributed by atoms with Crippen molar-refractivity contribution in [3.05, 3.63) is 41.6 Å². The molecule has 0 bridgehead atoms. The Bertz CT molecular complexity index is 315. The molecule has 1 N–H and O–H groups in total. The Labute approximate surface area is 75.0 Å². The Morgan fingerprint density at radius 3 is 2.85 bits per heavy atom. The zero-order valence-corrected chi connectivity index (χ0v) is 6.83. The highest BCUT2D eigenvalue weighted by molar-refractivity contribution is 5.25. The minimum Gasteiger partial charge on any atom is -0.342 e. The van der Waals surface area contributed by atoms with E-state index in [1.165, 1.54) is 6.08 Å². The molecule has 1 aromatic rings. The van der Waals surface area contributed by atoms with Gasteiger partial charge in [0.15, 0.2) is 0 Å². The number of nitrogens with zero attached hydrogens (tertiary/aromatic N) is 5. The third-order valence-electron chi connectivity index (χ3n) is 1.24. The third kappa shape index (κ3) is 2.80. The van der Waals surface area contributed by atoms with E-state index in [0.29, 0.717) is 5.95 Å². The van der Waals surface area contributed by atoms with E-state index in [9.17, 15) is 0 Å². The zero-order valence-electron chi connectivity index (χ0n) is 6.83. The molecule has 0 aliphatic rings. The minimum atomic E-state index is -0.521. The number of nitrogens with one attached hydrogen (secondary N) is 1. The molecule has 0 radical (unpaired) electrons. The Balaban J connectivity index is 2.67. The van der Waals surface area contributed by atoms with Crippen LogP contribution in [0.5, 0.6) is 0 Å². The quantitative estimate of drug-likeness (QED) is 0.328. The molecule has 0 saturated heterocycles. The summed E-state index contributed by atoms with van der Waals surface area (Å²) in [6.45, 7) is 3.49. The average Bonchev–Trinajstić information content (AvgIpc) is 2.19. The highest BCUT2D eigenvalue weighted by atomic mass is 15.3. The molecule has 1 atom stereocenters. The fraction of sp³-hybridized carbons (Fsp3) is 0.143. The first-order valence-corrected chi connectivity index (χ1v) is 3.57. The van der Waals surface area contributed by atoms with Crippen LogP contribution in [-0.4, -0.2) is 16.1 Å². The van der Waals surface area contributed by atoms with Gasteiger partial charge in [-0.25, -0.2) is 9.97 Å². The number of hydrogen-bond acceptors (Lipinski definition) is 4. The van der Waals surface area contributed by atoms with Gasteiger partial charge in [-0.15, -0.1) is 6.58 Å². The summed E-state index contributed by atoms with van der Waals surface area (Å²) in [6, 6.07) is 1.70. The summed E-state index contributed by atoms with van der Waals surface area (Å²) in [5.74, 6) is 0.403. The molecule has 0 aliphatic heterocycles. The lowest BCUT2D eigenvalue weighted by molar-refractivity contribution is 0.901. The molecule has 0 amide bonds. The predicted molar refractivity (Wildman–Crippen MR) is 48.8 cm³/mol. The van der Waals surface area contributed by atoms with Crippen molar-refractivity contribution in [2.75, 3.05) is 5.32 Å². The van der Waals surface area contributed by atoms with Crippen molar-refractivity contribution in [2.24, 2.45) is 5.11 Å². The van der Waals surface area contributed by atoms with Gasteiger partial charge < -0.3 is 5.32 Å². The number of rotatable bonds is 4. The van der Waals surface area contributed by atoms with Crippen molar-refractivity contribution in [2.45, 2.75) is 6.17 Å². The lowest BCUT2D eigenvalue weighted by Gasteiger charge is -2.06. The SMILES string of the molecule is C=CC(N=[N+]=[N-])Nc1ncccn1. The molecule has 1 unspecified atom stereocenters. The molecule has 0 spiro atoms. The Hall–Kier alpha value is -2.07. The van der Waals surface area contributed by atoms with Gasteiger partial charge in [0.1, 0.15) is 6.17 Å². The smallest absolute Gasteiger partial charge is 0.223 e. The fourth-order valence-electron chi connectivity index (χ4n) is 0.696. The minimum absolute atomic E-state index is 0.403. The molecule has 0 aromatic carbocycles. The summed E-state index contributed by atoms with van der Waals surface area (Å²) in [5.41, 5.74) is 8.18. The number of aromatic nitrogens is 2. The van der Waals surface area contributed by atoms with Crippen LogP contribution in [0.4, 0.5) is 5.95 Å². The molecule has 0 fully saturated rings. The summed E-state index contributed by atoms with van der Waals surface area (Å²) >= 11 is 0. The highest BCUT2D eigenvalue weighted by Crippen LogP contribution is 1.99. The van der Waals surface area contributed by atoms with E-state index in [0.717, 1.165) is 0 Å². The molecule has 1 aromatic heterocycles. The van der Waals surface area contributed by atoms with Crippen LogP contribution in [0.3, 0.4) is 0 Å². The average molecular weight is 176 g/mol. The van der Waals surface area contributed by atoms with Crippen LogP contribution < -0.4 is 5.32 Å². The molecule has 1 rings (SSSR count). The highest BCUT2D eigenvalue weighted by Gasteiger charge is 2.00. The van der Waals surface area contributed by atoms with Crippen LogP contribution >= 0.6 is 0 Å².